The summed E-state index contributed by atoms with van der Waals surface area (Å²) in [5.41, 5.74) is 3.67. The molecule has 136 valence electrons. The largest absolute Gasteiger partial charge is 0.454 e. The molecule has 0 unspecified atom stereocenters. The lowest BCUT2D eigenvalue weighted by Crippen LogP contribution is -2.36. The minimum absolute atomic E-state index is 0.311. The monoisotopic (exact) mass is 377 g/mol. The number of aromatic nitrogens is 1. The molecule has 5 heteroatoms. The van der Waals surface area contributed by atoms with Gasteiger partial charge in [-0.1, -0.05) is 23.9 Å². The maximum absolute atomic E-state index is 5.57. The molecule has 0 atom stereocenters. The molecular weight excluding hydrogens is 356 g/mol. The number of nitrogens with zero attached hydrogens (tertiary/aromatic N) is 2. The number of benzene rings is 2. The molecule has 0 radical (unpaired) electrons. The van der Waals surface area contributed by atoms with E-state index in [-0.39, 0.29) is 0 Å². The SMILES string of the molecule is CCN1/C(=C/c2ccc3ccccc3[n+]2CC)Sc2cc3c(cc21)OCO3. The Bertz CT molecular complexity index is 1080. The highest BCUT2D eigenvalue weighted by Gasteiger charge is 2.29. The van der Waals surface area contributed by atoms with Crippen molar-refractivity contribution in [3.63, 3.8) is 0 Å². The van der Waals surface area contributed by atoms with Gasteiger partial charge in [0, 0.05) is 47.2 Å². The van der Waals surface area contributed by atoms with Gasteiger partial charge in [0.25, 0.3) is 0 Å². The van der Waals surface area contributed by atoms with E-state index in [1.165, 1.54) is 32.2 Å². The summed E-state index contributed by atoms with van der Waals surface area (Å²) >= 11 is 1.79. The predicted octanol–water partition coefficient (Wildman–Crippen LogP) is 4.81. The first kappa shape index (κ1) is 16.5. The molecule has 3 aromatic rings. The van der Waals surface area contributed by atoms with Gasteiger partial charge in [0.2, 0.25) is 18.0 Å². The molecule has 0 saturated heterocycles. The topological polar surface area (TPSA) is 25.6 Å². The first-order valence-corrected chi connectivity index (χ1v) is 10.1. The fourth-order valence-electron chi connectivity index (χ4n) is 3.81. The van der Waals surface area contributed by atoms with E-state index in [9.17, 15) is 0 Å². The van der Waals surface area contributed by atoms with Gasteiger partial charge in [0.15, 0.2) is 11.5 Å². The van der Waals surface area contributed by atoms with Crippen molar-refractivity contribution in [2.24, 2.45) is 0 Å². The summed E-state index contributed by atoms with van der Waals surface area (Å²) < 4.78 is 13.5. The zero-order valence-corrected chi connectivity index (χ0v) is 16.3. The van der Waals surface area contributed by atoms with Crippen LogP contribution < -0.4 is 18.9 Å². The number of aryl methyl sites for hydroxylation is 1. The Balaban J connectivity index is 1.60. The third kappa shape index (κ3) is 2.65. The number of anilines is 1. The average molecular weight is 377 g/mol. The maximum Gasteiger partial charge on any atom is 0.231 e. The van der Waals surface area contributed by atoms with Gasteiger partial charge in [0.05, 0.1) is 10.7 Å². The number of fused-ring (bicyclic) bond motifs is 3. The first-order chi connectivity index (χ1) is 13.3. The van der Waals surface area contributed by atoms with Crippen LogP contribution in [0.5, 0.6) is 11.5 Å². The lowest BCUT2D eigenvalue weighted by molar-refractivity contribution is -0.669. The molecule has 2 aliphatic rings. The van der Waals surface area contributed by atoms with Gasteiger partial charge in [-0.25, -0.2) is 0 Å². The molecule has 0 fully saturated rings. The van der Waals surface area contributed by atoms with Gasteiger partial charge < -0.3 is 14.4 Å². The van der Waals surface area contributed by atoms with Gasteiger partial charge in [-0.15, -0.1) is 0 Å². The smallest absolute Gasteiger partial charge is 0.231 e. The number of hydrogen-bond acceptors (Lipinski definition) is 4. The molecule has 0 spiro atoms. The highest BCUT2D eigenvalue weighted by molar-refractivity contribution is 8.03. The lowest BCUT2D eigenvalue weighted by Gasteiger charge is -2.18. The van der Waals surface area contributed by atoms with E-state index < -0.39 is 0 Å². The third-order valence-corrected chi connectivity index (χ3v) is 6.20. The van der Waals surface area contributed by atoms with Crippen LogP contribution in [0, 0.1) is 0 Å². The number of thioether (sulfide) groups is 1. The van der Waals surface area contributed by atoms with Crippen LogP contribution in [0.15, 0.2) is 58.5 Å². The average Bonchev–Trinajstić information content (AvgIpc) is 3.28. The molecule has 3 heterocycles. The highest BCUT2D eigenvalue weighted by Crippen LogP contribution is 2.51. The molecule has 4 nitrogen and oxygen atoms in total. The second-order valence-corrected chi connectivity index (χ2v) is 7.63. The van der Waals surface area contributed by atoms with Crippen molar-refractivity contribution in [1.82, 2.24) is 0 Å². The molecule has 0 amide bonds. The standard InChI is InChI=1S/C22H21N2O2S/c1-3-23-16(10-9-15-7-5-6-8-17(15)23)11-22-24(4-2)18-12-19-20(26-14-25-19)13-21(18)27-22/h5-13H,3-4,14H2,1-2H3/q+1. The Morgan fingerprint density at radius 1 is 1.07 bits per heavy atom. The molecule has 1 aromatic heterocycles. The molecule has 2 aliphatic heterocycles. The number of para-hydroxylation sites is 1. The van der Waals surface area contributed by atoms with Gasteiger partial charge in [0.1, 0.15) is 6.54 Å². The lowest BCUT2D eigenvalue weighted by atomic mass is 10.2. The fourth-order valence-corrected chi connectivity index (χ4v) is 4.99. The zero-order chi connectivity index (χ0) is 18.4. The van der Waals surface area contributed by atoms with Crippen LogP contribution in [-0.2, 0) is 6.54 Å². The van der Waals surface area contributed by atoms with Crippen LogP contribution in [0.3, 0.4) is 0 Å². The molecule has 0 N–H and O–H groups in total. The van der Waals surface area contributed by atoms with Gasteiger partial charge in [-0.3, -0.25) is 0 Å². The number of rotatable bonds is 3. The van der Waals surface area contributed by atoms with E-state index in [4.69, 9.17) is 9.47 Å². The van der Waals surface area contributed by atoms with Gasteiger partial charge >= 0.3 is 0 Å². The Morgan fingerprint density at radius 3 is 2.70 bits per heavy atom. The molecule has 2 aromatic carbocycles. The molecular formula is C22H21N2O2S+. The van der Waals surface area contributed by atoms with Crippen molar-refractivity contribution in [3.8, 4) is 11.5 Å². The Morgan fingerprint density at radius 2 is 1.89 bits per heavy atom. The van der Waals surface area contributed by atoms with Crippen molar-refractivity contribution in [2.75, 3.05) is 18.2 Å². The summed E-state index contributed by atoms with van der Waals surface area (Å²) in [7, 11) is 0. The van der Waals surface area contributed by atoms with Gasteiger partial charge in [-0.05, 0) is 26.0 Å². The van der Waals surface area contributed by atoms with E-state index in [2.05, 4.69) is 77.9 Å². The number of hydrogen-bond donors (Lipinski definition) is 0. The van der Waals surface area contributed by atoms with Crippen LogP contribution in [0.4, 0.5) is 5.69 Å². The van der Waals surface area contributed by atoms with Crippen molar-refractivity contribution < 1.29 is 14.0 Å². The van der Waals surface area contributed by atoms with Gasteiger partial charge in [-0.2, -0.15) is 4.57 Å². The summed E-state index contributed by atoms with van der Waals surface area (Å²) in [5, 5.41) is 2.50. The van der Waals surface area contributed by atoms with Crippen LogP contribution in [0.25, 0.3) is 17.0 Å². The summed E-state index contributed by atoms with van der Waals surface area (Å²) in [6.45, 7) is 6.53. The van der Waals surface area contributed by atoms with Crippen LogP contribution >= 0.6 is 11.8 Å². The van der Waals surface area contributed by atoms with Crippen molar-refractivity contribution in [3.05, 3.63) is 59.3 Å². The minimum atomic E-state index is 0.311. The van der Waals surface area contributed by atoms with E-state index in [0.717, 1.165) is 24.6 Å². The van der Waals surface area contributed by atoms with E-state index in [1.807, 2.05) is 0 Å². The van der Waals surface area contributed by atoms with Crippen molar-refractivity contribution >= 4 is 34.4 Å². The Kier molecular flexibility index (Phi) is 3.97. The minimum Gasteiger partial charge on any atom is -0.454 e. The van der Waals surface area contributed by atoms with Crippen molar-refractivity contribution in [2.45, 2.75) is 25.3 Å². The summed E-state index contributed by atoms with van der Waals surface area (Å²) in [5.74, 6) is 1.68. The fraction of sp³-hybridized carbons (Fsp3) is 0.227. The van der Waals surface area contributed by atoms with Crippen LogP contribution in [-0.4, -0.2) is 13.3 Å². The predicted molar refractivity (Wildman–Crippen MR) is 109 cm³/mol. The molecule has 0 bridgehead atoms. The first-order valence-electron chi connectivity index (χ1n) is 9.31. The quantitative estimate of drug-likeness (QED) is 0.612. The second kappa shape index (κ2) is 6.50. The highest BCUT2D eigenvalue weighted by atomic mass is 32.2. The number of pyridine rings is 1. The summed E-state index contributed by atoms with van der Waals surface area (Å²) in [6.07, 6.45) is 2.29. The molecule has 0 saturated carbocycles. The summed E-state index contributed by atoms with van der Waals surface area (Å²) in [4.78, 5) is 3.56. The van der Waals surface area contributed by atoms with E-state index in [0.29, 0.717) is 6.79 Å². The normalized spacial score (nSPS) is 16.4. The molecule has 0 aliphatic carbocycles. The maximum atomic E-state index is 5.57. The third-order valence-electron chi connectivity index (χ3n) is 5.10. The second-order valence-electron chi connectivity index (χ2n) is 6.56. The van der Waals surface area contributed by atoms with E-state index >= 15 is 0 Å². The molecule has 5 rings (SSSR count). The summed E-state index contributed by atoms with van der Waals surface area (Å²) in [6, 6.07) is 17.2. The Hall–Kier alpha value is -2.66. The van der Waals surface area contributed by atoms with Crippen molar-refractivity contribution in [1.29, 1.82) is 0 Å². The Labute approximate surface area is 163 Å². The zero-order valence-electron chi connectivity index (χ0n) is 15.4. The molecule has 27 heavy (non-hydrogen) atoms. The van der Waals surface area contributed by atoms with Crippen LogP contribution in [0.1, 0.15) is 19.5 Å². The number of ether oxygens (including phenoxy) is 2. The van der Waals surface area contributed by atoms with E-state index in [1.54, 1.807) is 11.8 Å². The van der Waals surface area contributed by atoms with Crippen LogP contribution in [0.2, 0.25) is 0 Å².